The normalized spacial score (nSPS) is 20.8. The first-order valence-electron chi connectivity index (χ1n) is 5.52. The number of anilines is 1. The quantitative estimate of drug-likeness (QED) is 0.891. The van der Waals surface area contributed by atoms with Crippen LogP contribution >= 0.6 is 23.2 Å². The van der Waals surface area contributed by atoms with Crippen LogP contribution in [0.1, 0.15) is 12.8 Å². The first kappa shape index (κ1) is 12.0. The number of rotatable bonds is 3. The van der Waals surface area contributed by atoms with Gasteiger partial charge in [0.05, 0.1) is 17.3 Å². The largest absolute Gasteiger partial charge is 0.383 e. The molecule has 1 fully saturated rings. The van der Waals surface area contributed by atoms with Gasteiger partial charge in [-0.25, -0.2) is 0 Å². The van der Waals surface area contributed by atoms with Crippen LogP contribution in [-0.4, -0.2) is 19.8 Å². The molecular weight excluding hydrogens is 245 g/mol. The summed E-state index contributed by atoms with van der Waals surface area (Å²) in [6.45, 7) is 2.65. The summed E-state index contributed by atoms with van der Waals surface area (Å²) in [7, 11) is 0. The van der Waals surface area contributed by atoms with Crippen molar-refractivity contribution in [3.63, 3.8) is 0 Å². The standard InChI is InChI=1S/C12H15Cl2NO/c13-10-3-4-12(11(14)6-10)15-7-9-2-1-5-16-8-9/h3-4,6,9,15H,1-2,5,7-8H2. The second-order valence-corrected chi connectivity index (χ2v) is 4.93. The van der Waals surface area contributed by atoms with Crippen molar-refractivity contribution in [2.75, 3.05) is 25.1 Å². The van der Waals surface area contributed by atoms with E-state index in [9.17, 15) is 0 Å². The average Bonchev–Trinajstić information content (AvgIpc) is 2.29. The molecule has 88 valence electrons. The molecule has 1 unspecified atom stereocenters. The van der Waals surface area contributed by atoms with Crippen LogP contribution in [0.5, 0.6) is 0 Å². The smallest absolute Gasteiger partial charge is 0.0652 e. The van der Waals surface area contributed by atoms with Crippen LogP contribution in [0.15, 0.2) is 18.2 Å². The van der Waals surface area contributed by atoms with E-state index in [1.807, 2.05) is 12.1 Å². The maximum atomic E-state index is 6.07. The summed E-state index contributed by atoms with van der Waals surface area (Å²) in [5.41, 5.74) is 0.941. The van der Waals surface area contributed by atoms with Crippen LogP contribution in [-0.2, 0) is 4.74 Å². The maximum Gasteiger partial charge on any atom is 0.0652 e. The summed E-state index contributed by atoms with van der Waals surface area (Å²) in [6, 6.07) is 5.50. The molecule has 0 aliphatic carbocycles. The van der Waals surface area contributed by atoms with Gasteiger partial charge < -0.3 is 10.1 Å². The third kappa shape index (κ3) is 3.27. The van der Waals surface area contributed by atoms with Crippen molar-refractivity contribution in [2.45, 2.75) is 12.8 Å². The lowest BCUT2D eigenvalue weighted by Gasteiger charge is -2.22. The van der Waals surface area contributed by atoms with Gasteiger partial charge in [-0.05, 0) is 37.0 Å². The predicted molar refractivity (Wildman–Crippen MR) is 68.5 cm³/mol. The molecule has 16 heavy (non-hydrogen) atoms. The monoisotopic (exact) mass is 259 g/mol. The van der Waals surface area contributed by atoms with Gasteiger partial charge in [-0.2, -0.15) is 0 Å². The van der Waals surface area contributed by atoms with Crippen LogP contribution in [0.2, 0.25) is 10.0 Å². The number of benzene rings is 1. The number of hydrogen-bond acceptors (Lipinski definition) is 2. The van der Waals surface area contributed by atoms with Gasteiger partial charge in [0.2, 0.25) is 0 Å². The first-order valence-corrected chi connectivity index (χ1v) is 6.28. The SMILES string of the molecule is Clc1ccc(NCC2CCCOC2)c(Cl)c1. The Morgan fingerprint density at radius 2 is 2.25 bits per heavy atom. The molecule has 0 aromatic heterocycles. The summed E-state index contributed by atoms with van der Waals surface area (Å²) in [5.74, 6) is 0.584. The summed E-state index contributed by atoms with van der Waals surface area (Å²) in [6.07, 6.45) is 2.37. The topological polar surface area (TPSA) is 21.3 Å². The zero-order chi connectivity index (χ0) is 11.4. The molecule has 0 saturated carbocycles. The molecule has 4 heteroatoms. The summed E-state index contributed by atoms with van der Waals surface area (Å²) in [5, 5.41) is 4.67. The van der Waals surface area contributed by atoms with E-state index < -0.39 is 0 Å². The minimum atomic E-state index is 0.584. The van der Waals surface area contributed by atoms with Crippen LogP contribution in [0, 0.1) is 5.92 Å². The number of halogens is 2. The van der Waals surface area contributed by atoms with E-state index in [-0.39, 0.29) is 0 Å². The van der Waals surface area contributed by atoms with Crippen LogP contribution in [0.4, 0.5) is 5.69 Å². The average molecular weight is 260 g/mol. The Bertz CT molecular complexity index is 351. The molecule has 1 aliphatic heterocycles. The third-order valence-corrected chi connectivity index (χ3v) is 3.31. The van der Waals surface area contributed by atoms with Gasteiger partial charge in [0.15, 0.2) is 0 Å². The fourth-order valence-corrected chi connectivity index (χ4v) is 2.33. The highest BCUT2D eigenvalue weighted by molar-refractivity contribution is 6.36. The molecular formula is C12H15Cl2NO. The summed E-state index contributed by atoms with van der Waals surface area (Å²) < 4.78 is 5.43. The zero-order valence-corrected chi connectivity index (χ0v) is 10.5. The molecule has 2 rings (SSSR count). The molecule has 0 radical (unpaired) electrons. The van der Waals surface area contributed by atoms with Crippen molar-refractivity contribution in [1.29, 1.82) is 0 Å². The highest BCUT2D eigenvalue weighted by Gasteiger charge is 2.13. The fourth-order valence-electron chi connectivity index (χ4n) is 1.86. The molecule has 1 atom stereocenters. The fraction of sp³-hybridized carbons (Fsp3) is 0.500. The van der Waals surface area contributed by atoms with Crippen molar-refractivity contribution in [3.8, 4) is 0 Å². The van der Waals surface area contributed by atoms with E-state index in [4.69, 9.17) is 27.9 Å². The van der Waals surface area contributed by atoms with E-state index in [1.54, 1.807) is 6.07 Å². The van der Waals surface area contributed by atoms with Crippen molar-refractivity contribution in [1.82, 2.24) is 0 Å². The summed E-state index contributed by atoms with van der Waals surface area (Å²) in [4.78, 5) is 0. The van der Waals surface area contributed by atoms with Crippen LogP contribution in [0.25, 0.3) is 0 Å². The van der Waals surface area contributed by atoms with Crippen molar-refractivity contribution >= 4 is 28.9 Å². The van der Waals surface area contributed by atoms with E-state index in [0.717, 1.165) is 31.9 Å². The maximum absolute atomic E-state index is 6.07. The zero-order valence-electron chi connectivity index (χ0n) is 9.01. The Morgan fingerprint density at radius 3 is 2.94 bits per heavy atom. The first-order chi connectivity index (χ1) is 7.75. The molecule has 1 aromatic carbocycles. The van der Waals surface area contributed by atoms with Gasteiger partial charge >= 0.3 is 0 Å². The van der Waals surface area contributed by atoms with E-state index in [1.165, 1.54) is 6.42 Å². The molecule has 1 N–H and O–H groups in total. The van der Waals surface area contributed by atoms with Gasteiger partial charge in [0, 0.05) is 18.2 Å². The molecule has 0 bridgehead atoms. The second-order valence-electron chi connectivity index (χ2n) is 4.09. The van der Waals surface area contributed by atoms with Crippen LogP contribution < -0.4 is 5.32 Å². The molecule has 1 heterocycles. The third-order valence-electron chi connectivity index (χ3n) is 2.77. The lowest BCUT2D eigenvalue weighted by Crippen LogP contribution is -2.24. The van der Waals surface area contributed by atoms with Gasteiger partial charge in [0.1, 0.15) is 0 Å². The van der Waals surface area contributed by atoms with Gasteiger partial charge in [0.25, 0.3) is 0 Å². The van der Waals surface area contributed by atoms with Gasteiger partial charge in [-0.1, -0.05) is 23.2 Å². The molecule has 1 aliphatic rings. The Morgan fingerprint density at radius 1 is 1.38 bits per heavy atom. The minimum absolute atomic E-state index is 0.584. The molecule has 1 aromatic rings. The molecule has 0 amide bonds. The van der Waals surface area contributed by atoms with Gasteiger partial charge in [-0.15, -0.1) is 0 Å². The summed E-state index contributed by atoms with van der Waals surface area (Å²) >= 11 is 11.9. The van der Waals surface area contributed by atoms with Crippen molar-refractivity contribution in [2.24, 2.45) is 5.92 Å². The highest BCUT2D eigenvalue weighted by atomic mass is 35.5. The molecule has 0 spiro atoms. The lowest BCUT2D eigenvalue weighted by molar-refractivity contribution is 0.0595. The highest BCUT2D eigenvalue weighted by Crippen LogP contribution is 2.26. The Kier molecular flexibility index (Phi) is 4.33. The minimum Gasteiger partial charge on any atom is -0.383 e. The number of hydrogen-bond donors (Lipinski definition) is 1. The van der Waals surface area contributed by atoms with E-state index in [0.29, 0.717) is 16.0 Å². The number of nitrogens with one attached hydrogen (secondary N) is 1. The van der Waals surface area contributed by atoms with Gasteiger partial charge in [-0.3, -0.25) is 0 Å². The second kappa shape index (κ2) is 5.76. The van der Waals surface area contributed by atoms with Crippen molar-refractivity contribution in [3.05, 3.63) is 28.2 Å². The molecule has 1 saturated heterocycles. The Hall–Kier alpha value is -0.440. The Balaban J connectivity index is 1.88. The van der Waals surface area contributed by atoms with E-state index >= 15 is 0 Å². The van der Waals surface area contributed by atoms with Crippen molar-refractivity contribution < 1.29 is 4.74 Å². The Labute approximate surface area is 106 Å². The van der Waals surface area contributed by atoms with E-state index in [2.05, 4.69) is 5.32 Å². The molecule has 2 nitrogen and oxygen atoms in total. The lowest BCUT2D eigenvalue weighted by atomic mass is 10.0. The number of ether oxygens (including phenoxy) is 1. The predicted octanol–water partition coefficient (Wildman–Crippen LogP) is 3.83. The van der Waals surface area contributed by atoms with Crippen LogP contribution in [0.3, 0.4) is 0 Å².